The van der Waals surface area contributed by atoms with E-state index in [0.717, 1.165) is 0 Å². The van der Waals surface area contributed by atoms with Gasteiger partial charge in [-0.1, -0.05) is 12.1 Å². The van der Waals surface area contributed by atoms with Crippen molar-refractivity contribution in [2.45, 2.75) is 13.0 Å². The van der Waals surface area contributed by atoms with Gasteiger partial charge in [0.2, 0.25) is 0 Å². The Hall–Kier alpha value is -3.55. The first kappa shape index (κ1) is 19.2. The van der Waals surface area contributed by atoms with Crippen molar-refractivity contribution < 1.29 is 28.2 Å². The van der Waals surface area contributed by atoms with Gasteiger partial charge in [-0.15, -0.1) is 0 Å². The summed E-state index contributed by atoms with van der Waals surface area (Å²) in [4.78, 5) is 36.1. The SMILES string of the molecule is COc1ccc(C(=O)COC(=O)CCn2c(=O)oc3ccccc32)cc1OC. The number of hydrogen-bond acceptors (Lipinski definition) is 7. The number of benzene rings is 2. The fraction of sp³-hybridized carbons (Fsp3) is 0.250. The summed E-state index contributed by atoms with van der Waals surface area (Å²) in [5.74, 6) is -0.610. The number of rotatable bonds is 8. The second-order valence-corrected chi connectivity index (χ2v) is 5.89. The molecule has 28 heavy (non-hydrogen) atoms. The van der Waals surface area contributed by atoms with E-state index >= 15 is 0 Å². The molecule has 0 saturated heterocycles. The number of carbonyl (C=O) groups is 2. The molecule has 3 aromatic rings. The highest BCUT2D eigenvalue weighted by Gasteiger charge is 2.15. The average molecular weight is 385 g/mol. The number of ketones is 1. The smallest absolute Gasteiger partial charge is 0.419 e. The molecule has 0 amide bonds. The summed E-state index contributed by atoms with van der Waals surface area (Å²) >= 11 is 0. The van der Waals surface area contributed by atoms with Crippen LogP contribution >= 0.6 is 0 Å². The van der Waals surface area contributed by atoms with Crippen LogP contribution in [0.25, 0.3) is 11.1 Å². The molecule has 8 heteroatoms. The number of hydrogen-bond donors (Lipinski definition) is 0. The van der Waals surface area contributed by atoms with E-state index in [1.807, 2.05) is 0 Å². The molecule has 0 N–H and O–H groups in total. The zero-order valence-electron chi connectivity index (χ0n) is 15.5. The van der Waals surface area contributed by atoms with Crippen molar-refractivity contribution >= 4 is 22.9 Å². The predicted octanol–water partition coefficient (Wildman–Crippen LogP) is 2.43. The number of methoxy groups -OCH3 is 2. The summed E-state index contributed by atoms with van der Waals surface area (Å²) in [5, 5.41) is 0. The summed E-state index contributed by atoms with van der Waals surface area (Å²) in [6.45, 7) is -0.311. The number of nitrogens with zero attached hydrogens (tertiary/aromatic N) is 1. The van der Waals surface area contributed by atoms with E-state index in [4.69, 9.17) is 18.6 Å². The minimum absolute atomic E-state index is 0.0668. The van der Waals surface area contributed by atoms with Gasteiger partial charge in [0.15, 0.2) is 29.5 Å². The Balaban J connectivity index is 1.57. The first-order valence-electron chi connectivity index (χ1n) is 8.52. The number of esters is 1. The zero-order chi connectivity index (χ0) is 20.1. The minimum Gasteiger partial charge on any atom is -0.493 e. The first-order valence-corrected chi connectivity index (χ1v) is 8.52. The Morgan fingerprint density at radius 3 is 2.54 bits per heavy atom. The van der Waals surface area contributed by atoms with Gasteiger partial charge in [-0.05, 0) is 30.3 Å². The van der Waals surface area contributed by atoms with E-state index in [-0.39, 0.29) is 18.7 Å². The van der Waals surface area contributed by atoms with Crippen LogP contribution in [0.15, 0.2) is 51.7 Å². The second-order valence-electron chi connectivity index (χ2n) is 5.89. The van der Waals surface area contributed by atoms with Crippen molar-refractivity contribution in [3.05, 3.63) is 58.6 Å². The fourth-order valence-electron chi connectivity index (χ4n) is 2.74. The number of carbonyl (C=O) groups excluding carboxylic acids is 2. The Labute approximate surface area is 160 Å². The van der Waals surface area contributed by atoms with Gasteiger partial charge >= 0.3 is 11.7 Å². The summed E-state index contributed by atoms with van der Waals surface area (Å²) in [6.07, 6.45) is -0.0668. The highest BCUT2D eigenvalue weighted by atomic mass is 16.5. The van der Waals surface area contributed by atoms with Crippen LogP contribution in [0.1, 0.15) is 16.8 Å². The van der Waals surface area contributed by atoms with Gasteiger partial charge in [-0.3, -0.25) is 14.2 Å². The standard InChI is InChI=1S/C20H19NO7/c1-25-17-8-7-13(11-18(17)26-2)15(22)12-27-19(23)9-10-21-14-5-3-4-6-16(14)28-20(21)24/h3-8,11H,9-10,12H2,1-2H3. The van der Waals surface area contributed by atoms with Crippen LogP contribution in [0.2, 0.25) is 0 Å². The molecule has 0 saturated carbocycles. The fourth-order valence-corrected chi connectivity index (χ4v) is 2.74. The lowest BCUT2D eigenvalue weighted by molar-refractivity contribution is -0.142. The summed E-state index contributed by atoms with van der Waals surface area (Å²) in [6, 6.07) is 11.6. The molecule has 0 bridgehead atoms. The van der Waals surface area contributed by atoms with Crippen molar-refractivity contribution in [2.75, 3.05) is 20.8 Å². The first-order chi connectivity index (χ1) is 13.5. The topological polar surface area (TPSA) is 97.0 Å². The summed E-state index contributed by atoms with van der Waals surface area (Å²) in [7, 11) is 2.96. The van der Waals surface area contributed by atoms with Crippen molar-refractivity contribution in [2.24, 2.45) is 0 Å². The molecule has 0 radical (unpaired) electrons. The molecule has 3 rings (SSSR count). The largest absolute Gasteiger partial charge is 0.493 e. The van der Waals surface area contributed by atoms with Crippen LogP contribution in [0.3, 0.4) is 0 Å². The van der Waals surface area contributed by atoms with E-state index in [2.05, 4.69) is 0 Å². The molecular weight excluding hydrogens is 366 g/mol. The Kier molecular flexibility index (Phi) is 5.78. The van der Waals surface area contributed by atoms with E-state index in [0.29, 0.717) is 28.2 Å². The van der Waals surface area contributed by atoms with Crippen molar-refractivity contribution in [3.8, 4) is 11.5 Å². The molecule has 0 aliphatic carbocycles. The van der Waals surface area contributed by atoms with Crippen LogP contribution in [0, 0.1) is 0 Å². The Bertz CT molecular complexity index is 1060. The van der Waals surface area contributed by atoms with Crippen LogP contribution in [0.5, 0.6) is 11.5 Å². The average Bonchev–Trinajstić information content (AvgIpc) is 3.04. The van der Waals surface area contributed by atoms with Gasteiger partial charge in [0, 0.05) is 12.1 Å². The molecular formula is C20H19NO7. The number of Topliss-reactive ketones (excluding diaryl/α,β-unsaturated/α-hetero) is 1. The van der Waals surface area contributed by atoms with Crippen molar-refractivity contribution in [1.29, 1.82) is 0 Å². The third-order valence-corrected chi connectivity index (χ3v) is 4.18. The highest BCUT2D eigenvalue weighted by Crippen LogP contribution is 2.27. The van der Waals surface area contributed by atoms with Gasteiger partial charge in [-0.25, -0.2) is 4.79 Å². The molecule has 0 aliphatic rings. The number of fused-ring (bicyclic) bond motifs is 1. The van der Waals surface area contributed by atoms with Crippen LogP contribution < -0.4 is 15.2 Å². The van der Waals surface area contributed by atoms with Gasteiger partial charge in [0.1, 0.15) is 0 Å². The monoisotopic (exact) mass is 385 g/mol. The third-order valence-electron chi connectivity index (χ3n) is 4.18. The molecule has 0 unspecified atom stereocenters. The minimum atomic E-state index is -0.592. The summed E-state index contributed by atoms with van der Waals surface area (Å²) in [5.41, 5.74) is 1.38. The predicted molar refractivity (Wildman–Crippen MR) is 99.9 cm³/mol. The van der Waals surface area contributed by atoms with E-state index < -0.39 is 18.3 Å². The summed E-state index contributed by atoms with van der Waals surface area (Å²) < 4.78 is 21.8. The van der Waals surface area contributed by atoms with Gasteiger partial charge in [0.25, 0.3) is 0 Å². The number of aromatic nitrogens is 1. The number of oxazole rings is 1. The lowest BCUT2D eigenvalue weighted by Crippen LogP contribution is -2.19. The van der Waals surface area contributed by atoms with Gasteiger partial charge < -0.3 is 18.6 Å². The molecule has 2 aromatic carbocycles. The Morgan fingerprint density at radius 2 is 1.79 bits per heavy atom. The molecule has 146 valence electrons. The normalized spacial score (nSPS) is 10.6. The number of ether oxygens (including phenoxy) is 3. The van der Waals surface area contributed by atoms with E-state index in [1.54, 1.807) is 36.4 Å². The quantitative estimate of drug-likeness (QED) is 0.434. The number of para-hydroxylation sites is 2. The van der Waals surface area contributed by atoms with Gasteiger partial charge in [0.05, 0.1) is 26.2 Å². The highest BCUT2D eigenvalue weighted by molar-refractivity contribution is 5.98. The molecule has 1 aromatic heterocycles. The second kappa shape index (κ2) is 8.43. The molecule has 8 nitrogen and oxygen atoms in total. The molecule has 0 aliphatic heterocycles. The van der Waals surface area contributed by atoms with E-state index in [1.165, 1.54) is 24.9 Å². The lowest BCUT2D eigenvalue weighted by atomic mass is 10.1. The maximum absolute atomic E-state index is 12.2. The number of aryl methyl sites for hydroxylation is 1. The van der Waals surface area contributed by atoms with Crippen molar-refractivity contribution in [3.63, 3.8) is 0 Å². The van der Waals surface area contributed by atoms with E-state index in [9.17, 15) is 14.4 Å². The van der Waals surface area contributed by atoms with Gasteiger partial charge in [-0.2, -0.15) is 0 Å². The third kappa shape index (κ3) is 4.06. The maximum Gasteiger partial charge on any atom is 0.419 e. The molecule has 0 atom stereocenters. The van der Waals surface area contributed by atoms with Crippen LogP contribution in [-0.2, 0) is 16.1 Å². The maximum atomic E-state index is 12.2. The molecule has 1 heterocycles. The Morgan fingerprint density at radius 1 is 1.04 bits per heavy atom. The molecule has 0 fully saturated rings. The lowest BCUT2D eigenvalue weighted by Gasteiger charge is -2.09. The zero-order valence-corrected chi connectivity index (χ0v) is 15.5. The van der Waals surface area contributed by atoms with Crippen molar-refractivity contribution in [1.82, 2.24) is 4.57 Å². The van der Waals surface area contributed by atoms with Crippen LogP contribution in [-0.4, -0.2) is 37.1 Å². The van der Waals surface area contributed by atoms with Crippen LogP contribution in [0.4, 0.5) is 0 Å². The molecule has 0 spiro atoms.